The van der Waals surface area contributed by atoms with Crippen LogP contribution in [0.1, 0.15) is 34.3 Å². The molecule has 3 rings (SSSR count). The highest BCUT2D eigenvalue weighted by molar-refractivity contribution is 5.92. The molecule has 1 aliphatic rings. The summed E-state index contributed by atoms with van der Waals surface area (Å²) in [6.45, 7) is 2.21. The summed E-state index contributed by atoms with van der Waals surface area (Å²) in [4.78, 5) is 12.1. The third kappa shape index (κ3) is 4.59. The maximum absolute atomic E-state index is 12.1. The Morgan fingerprint density at radius 2 is 1.92 bits per heavy atom. The van der Waals surface area contributed by atoms with Crippen molar-refractivity contribution in [3.05, 3.63) is 65.2 Å². The van der Waals surface area contributed by atoms with Crippen molar-refractivity contribution >= 4 is 5.97 Å². The average molecular weight is 325 g/mol. The van der Waals surface area contributed by atoms with E-state index in [-0.39, 0.29) is 5.97 Å². The second-order valence-corrected chi connectivity index (χ2v) is 6.17. The monoisotopic (exact) mass is 325 g/mol. The van der Waals surface area contributed by atoms with Crippen LogP contribution in [0.25, 0.3) is 0 Å². The van der Waals surface area contributed by atoms with E-state index < -0.39 is 0 Å². The van der Waals surface area contributed by atoms with Gasteiger partial charge in [-0.2, -0.15) is 0 Å². The van der Waals surface area contributed by atoms with Crippen LogP contribution in [0.5, 0.6) is 5.75 Å². The van der Waals surface area contributed by atoms with Gasteiger partial charge in [-0.05, 0) is 48.6 Å². The number of carbonyl (C=O) groups excluding carboxylic acids is 1. The molecule has 0 heterocycles. The zero-order valence-corrected chi connectivity index (χ0v) is 14.0. The van der Waals surface area contributed by atoms with Crippen molar-refractivity contribution < 1.29 is 14.3 Å². The van der Waals surface area contributed by atoms with E-state index in [1.165, 1.54) is 20.0 Å². The first kappa shape index (κ1) is 16.5. The summed E-state index contributed by atoms with van der Waals surface area (Å²) < 4.78 is 10.7. The van der Waals surface area contributed by atoms with Gasteiger partial charge in [-0.1, -0.05) is 36.4 Å². The van der Waals surface area contributed by atoms with Gasteiger partial charge in [0, 0.05) is 6.54 Å². The largest absolute Gasteiger partial charge is 0.488 e. The minimum Gasteiger partial charge on any atom is -0.488 e. The number of nitrogens with one attached hydrogen (secondary N) is 1. The van der Waals surface area contributed by atoms with E-state index in [0.717, 1.165) is 30.1 Å². The Balaban J connectivity index is 1.68. The average Bonchev–Trinajstić information content (AvgIpc) is 3.45. The molecule has 1 N–H and O–H groups in total. The van der Waals surface area contributed by atoms with E-state index in [2.05, 4.69) is 5.32 Å². The lowest BCUT2D eigenvalue weighted by atomic mass is 10.1. The van der Waals surface area contributed by atoms with Crippen molar-refractivity contribution in [3.63, 3.8) is 0 Å². The van der Waals surface area contributed by atoms with Crippen LogP contribution in [-0.4, -0.2) is 19.6 Å². The molecular weight excluding hydrogens is 302 g/mol. The van der Waals surface area contributed by atoms with Crippen molar-refractivity contribution in [2.45, 2.75) is 26.0 Å². The minimum atomic E-state index is -0.373. The lowest BCUT2D eigenvalue weighted by Gasteiger charge is -2.12. The molecule has 0 unspecified atom stereocenters. The quantitative estimate of drug-likeness (QED) is 0.754. The normalized spacial score (nSPS) is 13.5. The van der Waals surface area contributed by atoms with Crippen LogP contribution in [0.15, 0.2) is 48.5 Å². The summed E-state index contributed by atoms with van der Waals surface area (Å²) in [6, 6.07) is 15.6. The Labute approximate surface area is 142 Å². The van der Waals surface area contributed by atoms with E-state index in [4.69, 9.17) is 9.47 Å². The first-order chi connectivity index (χ1) is 11.8. The number of rotatable bonds is 8. The molecule has 0 radical (unpaired) electrons. The van der Waals surface area contributed by atoms with Gasteiger partial charge in [-0.15, -0.1) is 0 Å². The molecule has 1 aliphatic carbocycles. The number of hydrogen-bond donors (Lipinski definition) is 1. The standard InChI is InChI=1S/C20H23NO3/c1-23-20(22)18-11-17(13-21-12-15-7-8-15)9-10-19(18)24-14-16-5-3-2-4-6-16/h2-6,9-11,15,21H,7-8,12-14H2,1H3. The molecule has 4 heteroatoms. The summed E-state index contributed by atoms with van der Waals surface area (Å²) in [5, 5.41) is 3.43. The van der Waals surface area contributed by atoms with E-state index in [1.807, 2.05) is 48.5 Å². The molecular formula is C20H23NO3. The topological polar surface area (TPSA) is 47.6 Å². The Bertz CT molecular complexity index is 681. The zero-order valence-electron chi connectivity index (χ0n) is 14.0. The van der Waals surface area contributed by atoms with Crippen LogP contribution >= 0.6 is 0 Å². The molecule has 0 bridgehead atoms. The number of methoxy groups -OCH3 is 1. The third-order valence-electron chi connectivity index (χ3n) is 4.15. The molecule has 0 saturated heterocycles. The maximum Gasteiger partial charge on any atom is 0.341 e. The van der Waals surface area contributed by atoms with Crippen LogP contribution in [-0.2, 0) is 17.9 Å². The molecule has 0 spiro atoms. The van der Waals surface area contributed by atoms with Gasteiger partial charge in [-0.3, -0.25) is 0 Å². The zero-order chi connectivity index (χ0) is 16.8. The van der Waals surface area contributed by atoms with Crippen molar-refractivity contribution in [1.82, 2.24) is 5.32 Å². The van der Waals surface area contributed by atoms with Gasteiger partial charge in [-0.25, -0.2) is 4.79 Å². The molecule has 0 amide bonds. The molecule has 126 valence electrons. The Morgan fingerprint density at radius 3 is 2.62 bits per heavy atom. The van der Waals surface area contributed by atoms with Gasteiger partial charge in [0.05, 0.1) is 7.11 Å². The summed E-state index contributed by atoms with van der Waals surface area (Å²) >= 11 is 0. The fourth-order valence-electron chi connectivity index (χ4n) is 2.56. The molecule has 1 saturated carbocycles. The van der Waals surface area contributed by atoms with Crippen LogP contribution in [0, 0.1) is 5.92 Å². The van der Waals surface area contributed by atoms with Crippen molar-refractivity contribution in [1.29, 1.82) is 0 Å². The van der Waals surface area contributed by atoms with E-state index in [9.17, 15) is 4.79 Å². The van der Waals surface area contributed by atoms with E-state index >= 15 is 0 Å². The second-order valence-electron chi connectivity index (χ2n) is 6.17. The molecule has 4 nitrogen and oxygen atoms in total. The van der Waals surface area contributed by atoms with Gasteiger partial charge in [0.15, 0.2) is 0 Å². The SMILES string of the molecule is COC(=O)c1cc(CNCC2CC2)ccc1OCc1ccccc1. The highest BCUT2D eigenvalue weighted by atomic mass is 16.5. The second kappa shape index (κ2) is 7.97. The molecule has 0 atom stereocenters. The van der Waals surface area contributed by atoms with Crippen LogP contribution < -0.4 is 10.1 Å². The predicted molar refractivity (Wildman–Crippen MR) is 93.0 cm³/mol. The van der Waals surface area contributed by atoms with Crippen LogP contribution in [0.3, 0.4) is 0 Å². The first-order valence-corrected chi connectivity index (χ1v) is 8.35. The highest BCUT2D eigenvalue weighted by Crippen LogP contribution is 2.28. The predicted octanol–water partition coefficient (Wildman–Crippen LogP) is 3.55. The van der Waals surface area contributed by atoms with Crippen molar-refractivity contribution in [2.75, 3.05) is 13.7 Å². The van der Waals surface area contributed by atoms with Gasteiger partial charge < -0.3 is 14.8 Å². The van der Waals surface area contributed by atoms with Gasteiger partial charge in [0.2, 0.25) is 0 Å². The number of ether oxygens (including phenoxy) is 2. The fourth-order valence-corrected chi connectivity index (χ4v) is 2.56. The summed E-state index contributed by atoms with van der Waals surface area (Å²) in [7, 11) is 1.39. The third-order valence-corrected chi connectivity index (χ3v) is 4.15. The first-order valence-electron chi connectivity index (χ1n) is 8.35. The summed E-state index contributed by atoms with van der Waals surface area (Å²) in [5.41, 5.74) is 2.59. The fraction of sp³-hybridized carbons (Fsp3) is 0.350. The summed E-state index contributed by atoms with van der Waals surface area (Å²) in [6.07, 6.45) is 2.65. The number of carbonyl (C=O) groups is 1. The number of esters is 1. The molecule has 2 aromatic rings. The molecule has 0 aliphatic heterocycles. The molecule has 0 aromatic heterocycles. The lowest BCUT2D eigenvalue weighted by Crippen LogP contribution is -2.16. The minimum absolute atomic E-state index is 0.373. The van der Waals surface area contributed by atoms with Crippen molar-refractivity contribution in [2.24, 2.45) is 5.92 Å². The number of hydrogen-bond acceptors (Lipinski definition) is 4. The highest BCUT2D eigenvalue weighted by Gasteiger charge is 2.20. The van der Waals surface area contributed by atoms with Gasteiger partial charge >= 0.3 is 5.97 Å². The van der Waals surface area contributed by atoms with Crippen LogP contribution in [0.4, 0.5) is 0 Å². The molecule has 2 aromatic carbocycles. The van der Waals surface area contributed by atoms with Crippen molar-refractivity contribution in [3.8, 4) is 5.75 Å². The van der Waals surface area contributed by atoms with E-state index in [0.29, 0.717) is 17.9 Å². The number of benzene rings is 2. The Kier molecular flexibility index (Phi) is 5.49. The summed E-state index contributed by atoms with van der Waals surface area (Å²) in [5.74, 6) is 1.01. The Morgan fingerprint density at radius 1 is 1.12 bits per heavy atom. The maximum atomic E-state index is 12.1. The van der Waals surface area contributed by atoms with Gasteiger partial charge in [0.25, 0.3) is 0 Å². The van der Waals surface area contributed by atoms with E-state index in [1.54, 1.807) is 0 Å². The lowest BCUT2D eigenvalue weighted by molar-refractivity contribution is 0.0595. The Hall–Kier alpha value is -2.33. The van der Waals surface area contributed by atoms with Gasteiger partial charge in [0.1, 0.15) is 17.9 Å². The molecule has 24 heavy (non-hydrogen) atoms. The molecule has 1 fully saturated rings. The smallest absolute Gasteiger partial charge is 0.341 e. The van der Waals surface area contributed by atoms with Crippen LogP contribution in [0.2, 0.25) is 0 Å².